The molecule has 0 aromatic heterocycles. The number of nitrogens with zero attached hydrogens (tertiary/aromatic N) is 2. The molecule has 0 radical (unpaired) electrons. The molecule has 1 fully saturated rings. The number of anilines is 1. The lowest BCUT2D eigenvalue weighted by Gasteiger charge is -2.17. The number of benzene rings is 2. The zero-order valence-corrected chi connectivity index (χ0v) is 16.5. The van der Waals surface area contributed by atoms with Gasteiger partial charge in [-0.15, -0.1) is 0 Å². The largest absolute Gasteiger partial charge is 0.482 e. The van der Waals surface area contributed by atoms with E-state index in [1.807, 2.05) is 24.3 Å². The molecule has 3 rings (SSSR count). The number of hydrogen-bond acceptors (Lipinski definition) is 6. The van der Waals surface area contributed by atoms with Gasteiger partial charge in [0.15, 0.2) is 6.61 Å². The van der Waals surface area contributed by atoms with Crippen molar-refractivity contribution in [3.05, 3.63) is 59.7 Å². The predicted molar refractivity (Wildman–Crippen MR) is 112 cm³/mol. The van der Waals surface area contributed by atoms with Gasteiger partial charge >= 0.3 is 5.97 Å². The number of rotatable bonds is 8. The smallest absolute Gasteiger partial charge is 0.344 e. The van der Waals surface area contributed by atoms with E-state index in [-0.39, 0.29) is 12.5 Å². The Morgan fingerprint density at radius 3 is 2.41 bits per heavy atom. The van der Waals surface area contributed by atoms with Crippen LogP contribution in [-0.2, 0) is 9.53 Å². The van der Waals surface area contributed by atoms with Crippen LogP contribution in [0.4, 0.5) is 5.69 Å². The second kappa shape index (κ2) is 10.3. The topological polar surface area (TPSA) is 80.2 Å². The van der Waals surface area contributed by atoms with Crippen LogP contribution in [0.2, 0.25) is 0 Å². The normalized spacial score (nSPS) is 13.5. The van der Waals surface area contributed by atoms with Crippen molar-refractivity contribution in [3.8, 4) is 5.75 Å². The number of hydrogen-bond donors (Lipinski definition) is 1. The fourth-order valence-corrected chi connectivity index (χ4v) is 3.02. The summed E-state index contributed by atoms with van der Waals surface area (Å²) in [5.74, 6) is -0.116. The van der Waals surface area contributed by atoms with Gasteiger partial charge in [-0.3, -0.25) is 4.79 Å². The number of ether oxygens (including phenoxy) is 2. The van der Waals surface area contributed by atoms with Gasteiger partial charge < -0.3 is 14.4 Å². The Morgan fingerprint density at radius 1 is 1.07 bits per heavy atom. The molecule has 1 heterocycles. The number of amides is 1. The van der Waals surface area contributed by atoms with Gasteiger partial charge in [-0.2, -0.15) is 5.10 Å². The van der Waals surface area contributed by atoms with Crippen LogP contribution in [0.15, 0.2) is 53.6 Å². The molecule has 2 aromatic carbocycles. The first-order valence-corrected chi connectivity index (χ1v) is 9.72. The maximum absolute atomic E-state index is 12.2. The molecule has 7 heteroatoms. The highest BCUT2D eigenvalue weighted by Crippen LogP contribution is 2.20. The van der Waals surface area contributed by atoms with Crippen LogP contribution in [0.3, 0.4) is 0 Å². The van der Waals surface area contributed by atoms with Gasteiger partial charge in [0.25, 0.3) is 5.91 Å². The van der Waals surface area contributed by atoms with E-state index in [2.05, 4.69) is 15.4 Å². The van der Waals surface area contributed by atoms with Crippen molar-refractivity contribution in [1.29, 1.82) is 0 Å². The van der Waals surface area contributed by atoms with Crippen LogP contribution in [0.1, 0.15) is 35.7 Å². The minimum Gasteiger partial charge on any atom is -0.482 e. The van der Waals surface area contributed by atoms with Crippen molar-refractivity contribution in [1.82, 2.24) is 5.43 Å². The van der Waals surface area contributed by atoms with E-state index in [1.54, 1.807) is 37.4 Å². The van der Waals surface area contributed by atoms with Crippen molar-refractivity contribution in [2.45, 2.75) is 19.8 Å². The van der Waals surface area contributed by atoms with E-state index in [0.717, 1.165) is 24.3 Å². The summed E-state index contributed by atoms with van der Waals surface area (Å²) in [4.78, 5) is 25.8. The zero-order chi connectivity index (χ0) is 20.5. The highest BCUT2D eigenvalue weighted by molar-refractivity contribution is 5.95. The van der Waals surface area contributed by atoms with Gasteiger partial charge in [0, 0.05) is 24.3 Å². The zero-order valence-electron chi connectivity index (χ0n) is 16.5. The second-order valence-electron chi connectivity index (χ2n) is 6.60. The number of hydrazone groups is 1. The molecule has 1 saturated heterocycles. The van der Waals surface area contributed by atoms with Crippen molar-refractivity contribution in [2.24, 2.45) is 5.10 Å². The molecule has 7 nitrogen and oxygen atoms in total. The molecule has 1 aliphatic rings. The molecule has 152 valence electrons. The second-order valence-corrected chi connectivity index (χ2v) is 6.60. The van der Waals surface area contributed by atoms with Gasteiger partial charge in [0.05, 0.1) is 12.8 Å². The van der Waals surface area contributed by atoms with E-state index in [1.165, 1.54) is 12.8 Å². The quantitative estimate of drug-likeness (QED) is 0.422. The molecule has 0 saturated carbocycles. The highest BCUT2D eigenvalue weighted by atomic mass is 16.6. The first-order chi connectivity index (χ1) is 14.2. The standard InChI is InChI=1S/C22H25N3O4/c1-2-28-21(26)16-29-20-11-5-17(6-12-20)15-23-24-22(27)18-7-9-19(10-8-18)25-13-3-4-14-25/h5-12,15H,2-4,13-14,16H2,1H3,(H,24,27)/b23-15-. The SMILES string of the molecule is CCOC(=O)COc1ccc(/C=N\NC(=O)c2ccc(N3CCCC3)cc2)cc1. The van der Waals surface area contributed by atoms with E-state index >= 15 is 0 Å². The number of carbonyl (C=O) groups is 2. The van der Waals surface area contributed by atoms with Crippen molar-refractivity contribution >= 4 is 23.8 Å². The van der Waals surface area contributed by atoms with Gasteiger partial charge in [0.2, 0.25) is 0 Å². The minimum absolute atomic E-state index is 0.131. The molecule has 1 N–H and O–H groups in total. The van der Waals surface area contributed by atoms with Crippen LogP contribution < -0.4 is 15.1 Å². The number of carbonyl (C=O) groups excluding carboxylic acids is 2. The lowest BCUT2D eigenvalue weighted by Crippen LogP contribution is -2.19. The summed E-state index contributed by atoms with van der Waals surface area (Å²) in [5, 5.41) is 4.00. The molecule has 1 amide bonds. The Labute approximate surface area is 170 Å². The Hall–Kier alpha value is -3.35. The lowest BCUT2D eigenvalue weighted by molar-refractivity contribution is -0.145. The number of esters is 1. The molecular formula is C22H25N3O4. The fourth-order valence-electron chi connectivity index (χ4n) is 3.02. The minimum atomic E-state index is -0.408. The first kappa shape index (κ1) is 20.4. The third-order valence-corrected chi connectivity index (χ3v) is 4.52. The first-order valence-electron chi connectivity index (χ1n) is 9.72. The van der Waals surface area contributed by atoms with Gasteiger partial charge in [-0.1, -0.05) is 0 Å². The maximum Gasteiger partial charge on any atom is 0.344 e. The third-order valence-electron chi connectivity index (χ3n) is 4.52. The summed E-state index contributed by atoms with van der Waals surface area (Å²) in [6.07, 6.45) is 3.98. The summed E-state index contributed by atoms with van der Waals surface area (Å²) in [6, 6.07) is 14.6. The average molecular weight is 395 g/mol. The lowest BCUT2D eigenvalue weighted by atomic mass is 10.2. The molecule has 0 unspecified atom stereocenters. The molecule has 29 heavy (non-hydrogen) atoms. The average Bonchev–Trinajstić information content (AvgIpc) is 3.28. The highest BCUT2D eigenvalue weighted by Gasteiger charge is 2.12. The Kier molecular flexibility index (Phi) is 7.22. The van der Waals surface area contributed by atoms with Crippen molar-refractivity contribution < 1.29 is 19.1 Å². The summed E-state index contributed by atoms with van der Waals surface area (Å²) in [6.45, 7) is 4.08. The van der Waals surface area contributed by atoms with Gasteiger partial charge in [-0.05, 0) is 73.9 Å². The van der Waals surface area contributed by atoms with E-state index in [9.17, 15) is 9.59 Å². The number of nitrogens with one attached hydrogen (secondary N) is 1. The summed E-state index contributed by atoms with van der Waals surface area (Å²) in [7, 11) is 0. The van der Waals surface area contributed by atoms with Gasteiger partial charge in [0.1, 0.15) is 5.75 Å². The van der Waals surface area contributed by atoms with Crippen LogP contribution in [0.25, 0.3) is 0 Å². The van der Waals surface area contributed by atoms with Crippen LogP contribution in [0.5, 0.6) is 5.75 Å². The molecular weight excluding hydrogens is 370 g/mol. The molecule has 0 spiro atoms. The molecule has 0 atom stereocenters. The molecule has 1 aliphatic heterocycles. The van der Waals surface area contributed by atoms with Crippen LogP contribution in [-0.4, -0.2) is 44.4 Å². The molecule has 0 aliphatic carbocycles. The summed E-state index contributed by atoms with van der Waals surface area (Å²) < 4.78 is 10.1. The maximum atomic E-state index is 12.2. The van der Waals surface area contributed by atoms with E-state index < -0.39 is 5.97 Å². The fraction of sp³-hybridized carbons (Fsp3) is 0.318. The van der Waals surface area contributed by atoms with Gasteiger partial charge in [-0.25, -0.2) is 10.2 Å². The summed E-state index contributed by atoms with van der Waals surface area (Å²) in [5.41, 5.74) is 5.03. The van der Waals surface area contributed by atoms with E-state index in [4.69, 9.17) is 9.47 Å². The van der Waals surface area contributed by atoms with Crippen LogP contribution in [0, 0.1) is 0 Å². The Morgan fingerprint density at radius 2 is 1.76 bits per heavy atom. The Bertz CT molecular complexity index is 841. The third kappa shape index (κ3) is 6.07. The van der Waals surface area contributed by atoms with Crippen LogP contribution >= 0.6 is 0 Å². The molecule has 0 bridgehead atoms. The van der Waals surface area contributed by atoms with Crippen molar-refractivity contribution in [3.63, 3.8) is 0 Å². The predicted octanol–water partition coefficient (Wildman–Crippen LogP) is 2.99. The van der Waals surface area contributed by atoms with Crippen molar-refractivity contribution in [2.75, 3.05) is 31.2 Å². The monoisotopic (exact) mass is 395 g/mol. The summed E-state index contributed by atoms with van der Waals surface area (Å²) >= 11 is 0. The Balaban J connectivity index is 1.47. The molecule has 2 aromatic rings. The van der Waals surface area contributed by atoms with E-state index in [0.29, 0.717) is 17.9 Å².